The van der Waals surface area contributed by atoms with Crippen LogP contribution in [-0.4, -0.2) is 59.6 Å². The molecule has 3 amide bonds. The number of aliphatic hydroxyl groups is 1. The van der Waals surface area contributed by atoms with Gasteiger partial charge in [-0.15, -0.1) is 0 Å². The molecule has 43 heavy (non-hydrogen) atoms. The molecule has 2 fully saturated rings. The Hall–Kier alpha value is -3.43. The molecule has 0 bridgehead atoms. The maximum atomic E-state index is 13.4. The number of aldehydes is 1. The van der Waals surface area contributed by atoms with Crippen molar-refractivity contribution in [1.29, 1.82) is 0 Å². The molecule has 2 saturated carbocycles. The van der Waals surface area contributed by atoms with Crippen LogP contribution in [0.2, 0.25) is 5.02 Å². The summed E-state index contributed by atoms with van der Waals surface area (Å²) in [5, 5.41) is 16.6. The second kappa shape index (κ2) is 14.8. The highest BCUT2D eigenvalue weighted by atomic mass is 35.5. The molecule has 0 radical (unpaired) electrons. The van der Waals surface area contributed by atoms with E-state index in [9.17, 15) is 24.3 Å². The van der Waals surface area contributed by atoms with Gasteiger partial charge in [0.2, 0.25) is 11.8 Å². The van der Waals surface area contributed by atoms with E-state index in [0.29, 0.717) is 37.3 Å². The standard InChI is InChI=1S/C33H42ClN3O6/c1-37(20-16-24-9-4-2-5-10-24)29(39)15-17-33(42,23-38)36-30(40)28(21-25-11-6-3-7-12-25)35-31(41)43-32(18-19-32)26-13-8-14-27(34)22-26/h2,4-5,8-10,13-14,22-23,25,28,42H,3,6-7,11-12,15-21H2,1H3,(H,35,41)(H,36,40)/t28-,33?/m0/s1. The number of nitrogens with one attached hydrogen (secondary N) is 2. The predicted octanol–water partition coefficient (Wildman–Crippen LogP) is 4.88. The minimum absolute atomic E-state index is 0.147. The lowest BCUT2D eigenvalue weighted by molar-refractivity contribution is -0.143. The Bertz CT molecular complexity index is 1260. The summed E-state index contributed by atoms with van der Waals surface area (Å²) >= 11 is 6.14. The minimum Gasteiger partial charge on any atom is -0.438 e. The first kappa shape index (κ1) is 32.5. The number of amides is 3. The molecule has 2 atom stereocenters. The Labute approximate surface area is 258 Å². The number of halogens is 1. The predicted molar refractivity (Wildman–Crippen MR) is 163 cm³/mol. The van der Waals surface area contributed by atoms with Gasteiger partial charge in [0.05, 0.1) is 0 Å². The van der Waals surface area contributed by atoms with Gasteiger partial charge in [-0.2, -0.15) is 0 Å². The highest BCUT2D eigenvalue weighted by Gasteiger charge is 2.49. The highest BCUT2D eigenvalue weighted by Crippen LogP contribution is 2.49. The highest BCUT2D eigenvalue weighted by molar-refractivity contribution is 6.30. The SMILES string of the molecule is CN(CCc1ccccc1)C(=O)CCC(O)(C=O)NC(=O)[C@H](CC1CCCCC1)NC(=O)OC1(c2cccc(Cl)c2)CC1. The molecule has 2 aliphatic carbocycles. The van der Waals surface area contributed by atoms with E-state index >= 15 is 0 Å². The van der Waals surface area contributed by atoms with Gasteiger partial charge in [-0.3, -0.25) is 14.4 Å². The second-order valence-corrected chi connectivity index (χ2v) is 12.3. The van der Waals surface area contributed by atoms with Crippen LogP contribution in [0.4, 0.5) is 4.79 Å². The Balaban J connectivity index is 1.35. The molecule has 9 nitrogen and oxygen atoms in total. The van der Waals surface area contributed by atoms with Crippen LogP contribution in [0.1, 0.15) is 75.3 Å². The van der Waals surface area contributed by atoms with Crippen LogP contribution in [0.15, 0.2) is 54.6 Å². The molecule has 2 aliphatic rings. The van der Waals surface area contributed by atoms with Crippen molar-refractivity contribution >= 4 is 35.8 Å². The lowest BCUT2D eigenvalue weighted by Gasteiger charge is -2.30. The number of likely N-dealkylation sites (N-methyl/N-ethyl adjacent to an activating group) is 1. The summed E-state index contributed by atoms with van der Waals surface area (Å²) in [6, 6.07) is 15.9. The topological polar surface area (TPSA) is 125 Å². The van der Waals surface area contributed by atoms with Crippen LogP contribution in [0.25, 0.3) is 0 Å². The van der Waals surface area contributed by atoms with Gasteiger partial charge >= 0.3 is 6.09 Å². The largest absolute Gasteiger partial charge is 0.438 e. The third kappa shape index (κ3) is 9.53. The smallest absolute Gasteiger partial charge is 0.408 e. The van der Waals surface area contributed by atoms with Crippen LogP contribution in [0.5, 0.6) is 0 Å². The molecule has 3 N–H and O–H groups in total. The van der Waals surface area contributed by atoms with E-state index in [1.54, 1.807) is 25.2 Å². The fourth-order valence-corrected chi connectivity index (χ4v) is 5.87. The van der Waals surface area contributed by atoms with Gasteiger partial charge < -0.3 is 25.4 Å². The Morgan fingerprint density at radius 3 is 2.49 bits per heavy atom. The average molecular weight is 612 g/mol. The number of alkyl carbamates (subject to hydrolysis) is 1. The molecule has 1 unspecified atom stereocenters. The normalized spacial score (nSPS) is 18.0. The van der Waals surface area contributed by atoms with Gasteiger partial charge in [-0.1, -0.05) is 86.2 Å². The maximum absolute atomic E-state index is 13.4. The van der Waals surface area contributed by atoms with Gasteiger partial charge in [0.25, 0.3) is 0 Å². The summed E-state index contributed by atoms with van der Waals surface area (Å²) < 4.78 is 5.81. The van der Waals surface area contributed by atoms with Crippen molar-refractivity contribution in [3.05, 3.63) is 70.7 Å². The molecule has 232 valence electrons. The molecule has 0 spiro atoms. The monoisotopic (exact) mass is 611 g/mol. The second-order valence-electron chi connectivity index (χ2n) is 11.9. The number of rotatable bonds is 14. The van der Waals surface area contributed by atoms with Gasteiger partial charge in [-0.25, -0.2) is 4.79 Å². The number of hydrogen-bond donors (Lipinski definition) is 3. The fourth-order valence-electron chi connectivity index (χ4n) is 5.68. The lowest BCUT2D eigenvalue weighted by Crippen LogP contribution is -2.57. The molecule has 0 aliphatic heterocycles. The summed E-state index contributed by atoms with van der Waals surface area (Å²) in [5.41, 5.74) is -1.18. The molecule has 0 heterocycles. The molecule has 2 aromatic carbocycles. The van der Waals surface area contributed by atoms with Gasteiger partial charge in [0.15, 0.2) is 12.0 Å². The molecule has 2 aromatic rings. The Kier molecular flexibility index (Phi) is 11.2. The number of nitrogens with zero attached hydrogens (tertiary/aromatic N) is 1. The van der Waals surface area contributed by atoms with Crippen molar-refractivity contribution in [1.82, 2.24) is 15.5 Å². The number of ether oxygens (including phenoxy) is 1. The molecule has 0 aromatic heterocycles. The first-order valence-corrected chi connectivity index (χ1v) is 15.5. The van der Waals surface area contributed by atoms with Crippen molar-refractivity contribution in [3.63, 3.8) is 0 Å². The van der Waals surface area contributed by atoms with E-state index in [4.69, 9.17) is 16.3 Å². The Morgan fingerprint density at radius 1 is 1.12 bits per heavy atom. The summed E-state index contributed by atoms with van der Waals surface area (Å²) in [6.07, 6.45) is 6.39. The number of carbonyl (C=O) groups is 4. The van der Waals surface area contributed by atoms with Crippen molar-refractivity contribution in [2.24, 2.45) is 5.92 Å². The number of hydrogen-bond acceptors (Lipinski definition) is 6. The zero-order valence-electron chi connectivity index (χ0n) is 24.7. The van der Waals surface area contributed by atoms with Crippen LogP contribution >= 0.6 is 11.6 Å². The minimum atomic E-state index is -2.26. The summed E-state index contributed by atoms with van der Waals surface area (Å²) in [5.74, 6) is -0.756. The van der Waals surface area contributed by atoms with Crippen LogP contribution < -0.4 is 10.6 Å². The van der Waals surface area contributed by atoms with Crippen LogP contribution in [-0.2, 0) is 31.1 Å². The third-order valence-corrected chi connectivity index (χ3v) is 8.74. The van der Waals surface area contributed by atoms with Gasteiger partial charge in [0.1, 0.15) is 11.6 Å². The van der Waals surface area contributed by atoms with Gasteiger partial charge in [-0.05, 0) is 54.9 Å². The summed E-state index contributed by atoms with van der Waals surface area (Å²) in [6.45, 7) is 0.473. The van der Waals surface area contributed by atoms with Crippen LogP contribution in [0, 0.1) is 5.92 Å². The van der Waals surface area contributed by atoms with Crippen molar-refractivity contribution in [3.8, 4) is 0 Å². The van der Waals surface area contributed by atoms with Crippen molar-refractivity contribution in [2.45, 2.75) is 88.0 Å². The lowest BCUT2D eigenvalue weighted by atomic mass is 9.84. The van der Waals surface area contributed by atoms with E-state index in [1.807, 2.05) is 36.4 Å². The van der Waals surface area contributed by atoms with Crippen molar-refractivity contribution < 1.29 is 29.0 Å². The summed E-state index contributed by atoms with van der Waals surface area (Å²) in [7, 11) is 1.66. The fraction of sp³-hybridized carbons (Fsp3) is 0.515. The number of benzene rings is 2. The summed E-state index contributed by atoms with van der Waals surface area (Å²) in [4.78, 5) is 52.8. The first-order chi connectivity index (χ1) is 20.6. The average Bonchev–Trinajstić information content (AvgIpc) is 3.79. The molecule has 10 heteroatoms. The third-order valence-electron chi connectivity index (χ3n) is 8.50. The molecular formula is C33H42ClN3O6. The van der Waals surface area contributed by atoms with E-state index in [-0.39, 0.29) is 31.0 Å². The van der Waals surface area contributed by atoms with E-state index < -0.39 is 29.4 Å². The number of carbonyl (C=O) groups excluding carboxylic acids is 4. The zero-order chi connectivity index (χ0) is 30.9. The first-order valence-electron chi connectivity index (χ1n) is 15.2. The molecular weight excluding hydrogens is 570 g/mol. The zero-order valence-corrected chi connectivity index (χ0v) is 25.5. The molecule has 4 rings (SSSR count). The van der Waals surface area contributed by atoms with E-state index in [0.717, 1.165) is 43.2 Å². The quantitative estimate of drug-likeness (QED) is 0.207. The van der Waals surface area contributed by atoms with Crippen LogP contribution in [0.3, 0.4) is 0 Å². The molecule has 0 saturated heterocycles. The van der Waals surface area contributed by atoms with Gasteiger partial charge in [0, 0.05) is 31.5 Å². The van der Waals surface area contributed by atoms with E-state index in [2.05, 4.69) is 10.6 Å². The van der Waals surface area contributed by atoms with Crippen molar-refractivity contribution in [2.75, 3.05) is 13.6 Å². The maximum Gasteiger partial charge on any atom is 0.408 e. The van der Waals surface area contributed by atoms with E-state index in [1.165, 1.54) is 4.90 Å². The Morgan fingerprint density at radius 2 is 1.84 bits per heavy atom.